The first kappa shape index (κ1) is 11.4. The monoisotopic (exact) mass is 257 g/mol. The standard InChI is InChI=1S/C10H16BrN3/c1-2-3-7-14(8-5-11)10-4-6-12-9-13-10/h4,6,9H,2-3,5,7-8H2,1H3. The number of aromatic nitrogens is 2. The normalized spacial score (nSPS) is 10.1. The molecule has 0 amide bonds. The van der Waals surface area contributed by atoms with Crippen molar-refractivity contribution in [2.75, 3.05) is 23.3 Å². The van der Waals surface area contributed by atoms with Crippen LogP contribution >= 0.6 is 15.9 Å². The molecule has 0 atom stereocenters. The Morgan fingerprint density at radius 2 is 2.29 bits per heavy atom. The second kappa shape index (κ2) is 6.76. The van der Waals surface area contributed by atoms with Crippen LogP contribution in [0.5, 0.6) is 0 Å². The molecule has 0 saturated carbocycles. The van der Waals surface area contributed by atoms with Crippen LogP contribution in [0.4, 0.5) is 5.82 Å². The van der Waals surface area contributed by atoms with E-state index in [0.717, 1.165) is 24.2 Å². The summed E-state index contributed by atoms with van der Waals surface area (Å²) in [6.07, 6.45) is 5.80. The molecular weight excluding hydrogens is 242 g/mol. The molecule has 1 aromatic heterocycles. The minimum atomic E-state index is 0.973. The Morgan fingerprint density at radius 1 is 1.43 bits per heavy atom. The Morgan fingerprint density at radius 3 is 2.86 bits per heavy atom. The van der Waals surface area contributed by atoms with E-state index in [1.54, 1.807) is 12.5 Å². The van der Waals surface area contributed by atoms with Crippen molar-refractivity contribution in [2.24, 2.45) is 0 Å². The zero-order valence-electron chi connectivity index (χ0n) is 8.49. The Bertz CT molecular complexity index is 240. The third-order valence-electron chi connectivity index (χ3n) is 2.03. The lowest BCUT2D eigenvalue weighted by Crippen LogP contribution is -2.27. The summed E-state index contributed by atoms with van der Waals surface area (Å²) < 4.78 is 0. The molecule has 0 aromatic carbocycles. The molecule has 0 N–H and O–H groups in total. The van der Waals surface area contributed by atoms with Crippen molar-refractivity contribution in [2.45, 2.75) is 19.8 Å². The lowest BCUT2D eigenvalue weighted by molar-refractivity contribution is 0.726. The number of hydrogen-bond acceptors (Lipinski definition) is 3. The summed E-state index contributed by atoms with van der Waals surface area (Å²) in [5.41, 5.74) is 0. The SMILES string of the molecule is CCCCN(CCBr)c1ccncn1. The third-order valence-corrected chi connectivity index (χ3v) is 2.38. The smallest absolute Gasteiger partial charge is 0.131 e. The lowest BCUT2D eigenvalue weighted by atomic mass is 10.3. The molecule has 0 bridgehead atoms. The number of rotatable bonds is 6. The maximum atomic E-state index is 4.24. The molecule has 0 fully saturated rings. The van der Waals surface area contributed by atoms with Gasteiger partial charge in [-0.15, -0.1) is 0 Å². The average Bonchev–Trinajstić information content (AvgIpc) is 2.25. The van der Waals surface area contributed by atoms with Crippen LogP contribution in [0.2, 0.25) is 0 Å². The van der Waals surface area contributed by atoms with E-state index in [2.05, 4.69) is 37.7 Å². The Labute approximate surface area is 93.7 Å². The summed E-state index contributed by atoms with van der Waals surface area (Å²) in [7, 11) is 0. The van der Waals surface area contributed by atoms with Gasteiger partial charge in [-0.05, 0) is 12.5 Å². The second-order valence-electron chi connectivity index (χ2n) is 3.10. The first-order valence-electron chi connectivity index (χ1n) is 4.95. The number of alkyl halides is 1. The summed E-state index contributed by atoms with van der Waals surface area (Å²) in [4.78, 5) is 10.4. The highest BCUT2D eigenvalue weighted by Crippen LogP contribution is 2.09. The van der Waals surface area contributed by atoms with E-state index in [-0.39, 0.29) is 0 Å². The van der Waals surface area contributed by atoms with Gasteiger partial charge in [-0.1, -0.05) is 29.3 Å². The van der Waals surface area contributed by atoms with Crippen LogP contribution < -0.4 is 4.90 Å². The van der Waals surface area contributed by atoms with E-state index in [9.17, 15) is 0 Å². The van der Waals surface area contributed by atoms with Crippen LogP contribution in [0.25, 0.3) is 0 Å². The fourth-order valence-corrected chi connectivity index (χ4v) is 1.69. The summed E-state index contributed by atoms with van der Waals surface area (Å²) in [6, 6.07) is 1.96. The number of anilines is 1. The molecule has 1 aromatic rings. The third kappa shape index (κ3) is 3.62. The van der Waals surface area contributed by atoms with Crippen LogP contribution in [-0.2, 0) is 0 Å². The van der Waals surface area contributed by atoms with Crippen LogP contribution in [0.15, 0.2) is 18.6 Å². The summed E-state index contributed by atoms with van der Waals surface area (Å²) in [6.45, 7) is 4.27. The van der Waals surface area contributed by atoms with Gasteiger partial charge in [0.15, 0.2) is 0 Å². The van der Waals surface area contributed by atoms with Crippen molar-refractivity contribution in [1.82, 2.24) is 9.97 Å². The zero-order chi connectivity index (χ0) is 10.2. The van der Waals surface area contributed by atoms with E-state index in [1.807, 2.05) is 6.07 Å². The van der Waals surface area contributed by atoms with E-state index < -0.39 is 0 Å². The van der Waals surface area contributed by atoms with Gasteiger partial charge in [0.2, 0.25) is 0 Å². The maximum absolute atomic E-state index is 4.24. The highest BCUT2D eigenvalue weighted by Gasteiger charge is 2.05. The molecular formula is C10H16BrN3. The number of halogens is 1. The molecule has 3 nitrogen and oxygen atoms in total. The fourth-order valence-electron chi connectivity index (χ4n) is 1.26. The fraction of sp³-hybridized carbons (Fsp3) is 0.600. The molecule has 1 rings (SSSR count). The largest absolute Gasteiger partial charge is 0.356 e. The predicted molar refractivity (Wildman–Crippen MR) is 62.9 cm³/mol. The first-order chi connectivity index (χ1) is 6.88. The second-order valence-corrected chi connectivity index (χ2v) is 3.89. The predicted octanol–water partition coefficient (Wildman–Crippen LogP) is 2.48. The van der Waals surface area contributed by atoms with E-state index in [1.165, 1.54) is 12.8 Å². The van der Waals surface area contributed by atoms with Crippen molar-refractivity contribution in [1.29, 1.82) is 0 Å². The van der Waals surface area contributed by atoms with Crippen LogP contribution in [-0.4, -0.2) is 28.4 Å². The molecule has 0 radical (unpaired) electrons. The molecule has 4 heteroatoms. The van der Waals surface area contributed by atoms with Crippen molar-refractivity contribution < 1.29 is 0 Å². The Kier molecular flexibility index (Phi) is 5.52. The van der Waals surface area contributed by atoms with Crippen molar-refractivity contribution >= 4 is 21.7 Å². The van der Waals surface area contributed by atoms with E-state index in [0.29, 0.717) is 0 Å². The van der Waals surface area contributed by atoms with Crippen LogP contribution in [0.1, 0.15) is 19.8 Å². The van der Waals surface area contributed by atoms with Gasteiger partial charge >= 0.3 is 0 Å². The van der Waals surface area contributed by atoms with E-state index >= 15 is 0 Å². The van der Waals surface area contributed by atoms with Gasteiger partial charge < -0.3 is 4.90 Å². The zero-order valence-corrected chi connectivity index (χ0v) is 10.1. The average molecular weight is 258 g/mol. The van der Waals surface area contributed by atoms with Gasteiger partial charge in [-0.3, -0.25) is 0 Å². The topological polar surface area (TPSA) is 29.0 Å². The van der Waals surface area contributed by atoms with Gasteiger partial charge in [0.1, 0.15) is 12.1 Å². The first-order valence-corrected chi connectivity index (χ1v) is 6.07. The lowest BCUT2D eigenvalue weighted by Gasteiger charge is -2.21. The van der Waals surface area contributed by atoms with Gasteiger partial charge in [-0.25, -0.2) is 9.97 Å². The van der Waals surface area contributed by atoms with Crippen molar-refractivity contribution in [3.63, 3.8) is 0 Å². The molecule has 0 unspecified atom stereocenters. The number of nitrogens with zero attached hydrogens (tertiary/aromatic N) is 3. The van der Waals surface area contributed by atoms with Crippen LogP contribution in [0.3, 0.4) is 0 Å². The van der Waals surface area contributed by atoms with Gasteiger partial charge in [-0.2, -0.15) is 0 Å². The highest BCUT2D eigenvalue weighted by molar-refractivity contribution is 9.09. The van der Waals surface area contributed by atoms with Crippen LogP contribution in [0, 0.1) is 0 Å². The number of unbranched alkanes of at least 4 members (excludes halogenated alkanes) is 1. The Balaban J connectivity index is 2.58. The van der Waals surface area contributed by atoms with Gasteiger partial charge in [0.25, 0.3) is 0 Å². The molecule has 0 spiro atoms. The summed E-state index contributed by atoms with van der Waals surface area (Å²) >= 11 is 3.45. The Hall–Kier alpha value is -0.640. The maximum Gasteiger partial charge on any atom is 0.131 e. The molecule has 14 heavy (non-hydrogen) atoms. The minimum absolute atomic E-state index is 0.973. The molecule has 78 valence electrons. The summed E-state index contributed by atoms with van der Waals surface area (Å²) in [5.74, 6) is 1.02. The molecule has 1 heterocycles. The molecule has 0 aliphatic rings. The van der Waals surface area contributed by atoms with Gasteiger partial charge in [0, 0.05) is 24.6 Å². The van der Waals surface area contributed by atoms with Gasteiger partial charge in [0.05, 0.1) is 0 Å². The van der Waals surface area contributed by atoms with Crippen molar-refractivity contribution in [3.8, 4) is 0 Å². The molecule has 0 aliphatic carbocycles. The van der Waals surface area contributed by atoms with Crippen molar-refractivity contribution in [3.05, 3.63) is 18.6 Å². The highest BCUT2D eigenvalue weighted by atomic mass is 79.9. The molecule has 0 saturated heterocycles. The number of hydrogen-bond donors (Lipinski definition) is 0. The van der Waals surface area contributed by atoms with E-state index in [4.69, 9.17) is 0 Å². The molecule has 0 aliphatic heterocycles. The summed E-state index contributed by atoms with van der Waals surface area (Å²) in [5, 5.41) is 0.973. The minimum Gasteiger partial charge on any atom is -0.356 e. The quantitative estimate of drug-likeness (QED) is 0.734.